The van der Waals surface area contributed by atoms with Crippen molar-refractivity contribution in [1.82, 2.24) is 0 Å². The molecule has 0 heterocycles. The summed E-state index contributed by atoms with van der Waals surface area (Å²) < 4.78 is 5.72. The number of hydrogen-bond donors (Lipinski definition) is 0. The Hall–Kier alpha value is -1.15. The van der Waals surface area contributed by atoms with Crippen LogP contribution < -0.4 is 0 Å². The Morgan fingerprint density at radius 3 is 2.18 bits per heavy atom. The van der Waals surface area contributed by atoms with Gasteiger partial charge in [-0.05, 0) is 76.0 Å². The predicted molar refractivity (Wildman–Crippen MR) is 145 cm³/mol. The van der Waals surface area contributed by atoms with E-state index in [0.29, 0.717) is 6.61 Å². The van der Waals surface area contributed by atoms with Crippen molar-refractivity contribution in [3.63, 3.8) is 0 Å². The summed E-state index contributed by atoms with van der Waals surface area (Å²) in [5.41, 5.74) is 0. The molecule has 0 spiro atoms. The first-order valence-electron chi connectivity index (χ1n) is 14.3. The smallest absolute Gasteiger partial charge is 0.148 e. The molecular formula is C31H54O2. The average molecular weight is 459 g/mol. The molecule has 0 N–H and O–H groups in total. The molecule has 1 aliphatic rings. The predicted octanol–water partition coefficient (Wildman–Crippen LogP) is 9.55. The van der Waals surface area contributed by atoms with E-state index in [0.717, 1.165) is 43.8 Å². The molecule has 1 rings (SSSR count). The first-order valence-corrected chi connectivity index (χ1v) is 14.3. The summed E-state index contributed by atoms with van der Waals surface area (Å²) in [5, 5.41) is 0. The lowest BCUT2D eigenvalue weighted by Gasteiger charge is -2.14. The second kappa shape index (κ2) is 22.6. The van der Waals surface area contributed by atoms with Gasteiger partial charge in [0.25, 0.3) is 0 Å². The zero-order valence-corrected chi connectivity index (χ0v) is 22.0. The summed E-state index contributed by atoms with van der Waals surface area (Å²) in [4.78, 5) is 11.3. The molecule has 0 aromatic carbocycles. The van der Waals surface area contributed by atoms with E-state index in [1.54, 1.807) is 0 Å². The maximum Gasteiger partial charge on any atom is 0.148 e. The number of unbranched alkanes of at least 4 members (excludes halogenated alkanes) is 10. The average Bonchev–Trinajstić information content (AvgIpc) is 3.28. The number of aldehydes is 1. The third-order valence-corrected chi connectivity index (χ3v) is 6.99. The molecule has 2 heteroatoms. The van der Waals surface area contributed by atoms with Gasteiger partial charge in [0.05, 0.1) is 6.61 Å². The van der Waals surface area contributed by atoms with Crippen LogP contribution in [-0.2, 0) is 9.53 Å². The van der Waals surface area contributed by atoms with Gasteiger partial charge in [-0.1, -0.05) is 102 Å². The number of carbonyl (C=O) groups excluding carboxylic acids is 1. The van der Waals surface area contributed by atoms with Gasteiger partial charge in [-0.25, -0.2) is 0 Å². The third kappa shape index (κ3) is 17.0. The van der Waals surface area contributed by atoms with Gasteiger partial charge < -0.3 is 9.53 Å². The number of carbonyl (C=O) groups is 1. The van der Waals surface area contributed by atoms with Crippen LogP contribution in [0.1, 0.15) is 129 Å². The molecule has 2 nitrogen and oxygen atoms in total. The van der Waals surface area contributed by atoms with Gasteiger partial charge >= 0.3 is 0 Å². The van der Waals surface area contributed by atoms with Crippen LogP contribution in [0.5, 0.6) is 0 Å². The quantitative estimate of drug-likeness (QED) is 0.0917. The Bertz CT molecular complexity index is 519. The van der Waals surface area contributed by atoms with Gasteiger partial charge in [0, 0.05) is 0 Å². The summed E-state index contributed by atoms with van der Waals surface area (Å²) >= 11 is 0. The minimum absolute atomic E-state index is 0.255. The van der Waals surface area contributed by atoms with E-state index < -0.39 is 0 Å². The van der Waals surface area contributed by atoms with Gasteiger partial charge in [0.15, 0.2) is 0 Å². The van der Waals surface area contributed by atoms with Crippen LogP contribution in [0.15, 0.2) is 36.5 Å². The highest BCUT2D eigenvalue weighted by Crippen LogP contribution is 2.35. The fourth-order valence-electron chi connectivity index (χ4n) is 4.82. The molecule has 190 valence electrons. The van der Waals surface area contributed by atoms with E-state index >= 15 is 0 Å². The van der Waals surface area contributed by atoms with Gasteiger partial charge in [-0.2, -0.15) is 0 Å². The highest BCUT2D eigenvalue weighted by Gasteiger charge is 2.23. The van der Waals surface area contributed by atoms with Crippen molar-refractivity contribution < 1.29 is 9.53 Å². The normalized spacial score (nSPS) is 19.9. The molecule has 0 aromatic rings. The molecule has 1 fully saturated rings. The van der Waals surface area contributed by atoms with E-state index in [9.17, 15) is 4.79 Å². The number of hydrogen-bond acceptors (Lipinski definition) is 2. The molecular weight excluding hydrogens is 404 g/mol. The lowest BCUT2D eigenvalue weighted by Crippen LogP contribution is -2.14. The highest BCUT2D eigenvalue weighted by atomic mass is 16.5. The first kappa shape index (κ1) is 29.9. The summed E-state index contributed by atoms with van der Waals surface area (Å²) in [6, 6.07) is 0. The maximum atomic E-state index is 11.3. The van der Waals surface area contributed by atoms with Crippen LogP contribution in [-0.4, -0.2) is 19.0 Å². The van der Waals surface area contributed by atoms with E-state index in [-0.39, 0.29) is 6.10 Å². The topological polar surface area (TPSA) is 26.3 Å². The molecule has 0 bridgehead atoms. The first-order chi connectivity index (χ1) is 16.3. The van der Waals surface area contributed by atoms with Crippen LogP contribution in [0, 0.1) is 11.8 Å². The monoisotopic (exact) mass is 458 g/mol. The molecule has 0 aliphatic heterocycles. The maximum absolute atomic E-state index is 11.3. The van der Waals surface area contributed by atoms with Crippen molar-refractivity contribution in [3.05, 3.63) is 36.5 Å². The molecule has 0 radical (unpaired) electrons. The van der Waals surface area contributed by atoms with Crippen LogP contribution in [0.3, 0.4) is 0 Å². The highest BCUT2D eigenvalue weighted by molar-refractivity contribution is 5.55. The summed E-state index contributed by atoms with van der Waals surface area (Å²) in [6.07, 6.45) is 37.3. The van der Waals surface area contributed by atoms with Crippen molar-refractivity contribution >= 4 is 6.29 Å². The van der Waals surface area contributed by atoms with Crippen molar-refractivity contribution in [1.29, 1.82) is 0 Å². The lowest BCUT2D eigenvalue weighted by atomic mass is 9.92. The van der Waals surface area contributed by atoms with Crippen molar-refractivity contribution in [2.24, 2.45) is 11.8 Å². The molecule has 0 saturated heterocycles. The Morgan fingerprint density at radius 2 is 1.42 bits per heavy atom. The van der Waals surface area contributed by atoms with Gasteiger partial charge in [-0.3, -0.25) is 0 Å². The Labute approximate surface area is 206 Å². The van der Waals surface area contributed by atoms with E-state index in [1.165, 1.54) is 89.9 Å². The molecule has 1 aliphatic carbocycles. The summed E-state index contributed by atoms with van der Waals surface area (Å²) in [6.45, 7) is 5.08. The van der Waals surface area contributed by atoms with E-state index in [2.05, 4.69) is 50.3 Å². The zero-order chi connectivity index (χ0) is 23.8. The minimum atomic E-state index is -0.255. The summed E-state index contributed by atoms with van der Waals surface area (Å²) in [5.74, 6) is 1.62. The SMILES string of the molecule is CCCCCCC=C[C@H]1CCC[C@@H]1CC=CCCCC(C=O)OCC=CCCCCCCC. The molecule has 33 heavy (non-hydrogen) atoms. The van der Waals surface area contributed by atoms with Crippen LogP contribution in [0.4, 0.5) is 0 Å². The molecule has 3 atom stereocenters. The Kier molecular flexibility index (Phi) is 20.5. The molecule has 0 amide bonds. The number of ether oxygens (including phenoxy) is 1. The Morgan fingerprint density at radius 1 is 0.758 bits per heavy atom. The van der Waals surface area contributed by atoms with Crippen molar-refractivity contribution in [3.8, 4) is 0 Å². The second-order valence-electron chi connectivity index (χ2n) is 9.95. The lowest BCUT2D eigenvalue weighted by molar-refractivity contribution is -0.117. The van der Waals surface area contributed by atoms with Crippen LogP contribution in [0.2, 0.25) is 0 Å². The van der Waals surface area contributed by atoms with Gasteiger partial charge in [-0.15, -0.1) is 0 Å². The zero-order valence-electron chi connectivity index (χ0n) is 22.0. The van der Waals surface area contributed by atoms with Crippen molar-refractivity contribution in [2.75, 3.05) is 6.61 Å². The van der Waals surface area contributed by atoms with Crippen LogP contribution >= 0.6 is 0 Å². The fourth-order valence-corrected chi connectivity index (χ4v) is 4.82. The molecule has 1 unspecified atom stereocenters. The minimum Gasteiger partial charge on any atom is -0.367 e. The van der Waals surface area contributed by atoms with Gasteiger partial charge in [0.2, 0.25) is 0 Å². The van der Waals surface area contributed by atoms with Gasteiger partial charge in [0.1, 0.15) is 12.4 Å². The molecule has 0 aromatic heterocycles. The number of rotatable bonds is 22. The van der Waals surface area contributed by atoms with E-state index in [1.807, 2.05) is 0 Å². The number of allylic oxidation sites excluding steroid dienone is 5. The standard InChI is InChI=1S/C31H54O2/c1-3-5-7-9-11-12-16-20-27-33-31(28-32)26-19-15-14-18-23-30-25-21-24-29(30)22-17-13-10-8-6-4-2/h14,16-18,20,22,28-31H,3-13,15,19,21,23-27H2,1-2H3/t29-,30-,31?/m0/s1. The fraction of sp³-hybridized carbons (Fsp3) is 0.774. The van der Waals surface area contributed by atoms with Crippen molar-refractivity contribution in [2.45, 2.75) is 136 Å². The van der Waals surface area contributed by atoms with E-state index in [4.69, 9.17) is 4.74 Å². The molecule has 1 saturated carbocycles. The largest absolute Gasteiger partial charge is 0.367 e. The summed E-state index contributed by atoms with van der Waals surface area (Å²) in [7, 11) is 0. The Balaban J connectivity index is 2.08. The van der Waals surface area contributed by atoms with Crippen LogP contribution in [0.25, 0.3) is 0 Å². The third-order valence-electron chi connectivity index (χ3n) is 6.99. The second-order valence-corrected chi connectivity index (χ2v) is 9.95.